The maximum absolute atomic E-state index is 12.3. The first kappa shape index (κ1) is 15.4. The number of thioether (sulfide) groups is 1. The molecule has 3 aliphatic rings. The molecule has 0 unspecified atom stereocenters. The monoisotopic (exact) mass is 355 g/mol. The molecule has 0 N–H and O–H groups in total. The second kappa shape index (κ2) is 6.12. The van der Waals surface area contributed by atoms with Gasteiger partial charge in [0.15, 0.2) is 0 Å². The van der Waals surface area contributed by atoms with Crippen molar-refractivity contribution in [2.45, 2.75) is 37.5 Å². The third-order valence-corrected chi connectivity index (χ3v) is 6.23. The molecule has 4 heterocycles. The van der Waals surface area contributed by atoms with Crippen molar-refractivity contribution < 1.29 is 0 Å². The van der Waals surface area contributed by atoms with Crippen LogP contribution < -0.4 is 10.5 Å². The first-order chi connectivity index (χ1) is 12.3. The minimum atomic E-state index is 0.0396. The Balaban J connectivity index is 1.25. The van der Waals surface area contributed by atoms with Gasteiger partial charge in [-0.25, -0.2) is 14.6 Å². The molecule has 0 amide bonds. The summed E-state index contributed by atoms with van der Waals surface area (Å²) < 4.78 is 1.67. The molecule has 25 heavy (non-hydrogen) atoms. The van der Waals surface area contributed by atoms with Crippen molar-refractivity contribution in [2.75, 3.05) is 23.7 Å². The normalized spacial score (nSPS) is 20.2. The van der Waals surface area contributed by atoms with Crippen molar-refractivity contribution in [1.82, 2.24) is 19.7 Å². The van der Waals surface area contributed by atoms with Gasteiger partial charge >= 0.3 is 0 Å². The van der Waals surface area contributed by atoms with E-state index < -0.39 is 0 Å². The zero-order valence-corrected chi connectivity index (χ0v) is 14.9. The van der Waals surface area contributed by atoms with E-state index in [2.05, 4.69) is 15.0 Å². The molecular formula is C18H21N5OS. The molecule has 7 heteroatoms. The SMILES string of the molecule is O=c1cc2c(nn1CC1CN(c3ccnc(C4CC4)n3)C1)CCSC2. The molecule has 0 bridgehead atoms. The van der Waals surface area contributed by atoms with Crippen LogP contribution in [0, 0.1) is 5.92 Å². The van der Waals surface area contributed by atoms with Gasteiger partial charge in [0.05, 0.1) is 12.2 Å². The first-order valence-electron chi connectivity index (χ1n) is 9.02. The minimum Gasteiger partial charge on any atom is -0.356 e. The van der Waals surface area contributed by atoms with E-state index in [-0.39, 0.29) is 5.56 Å². The Morgan fingerprint density at radius 2 is 2.16 bits per heavy atom. The predicted octanol–water partition coefficient (Wildman–Crippen LogP) is 1.84. The summed E-state index contributed by atoms with van der Waals surface area (Å²) >= 11 is 1.88. The maximum Gasteiger partial charge on any atom is 0.267 e. The molecule has 1 saturated carbocycles. The number of aromatic nitrogens is 4. The van der Waals surface area contributed by atoms with E-state index in [9.17, 15) is 4.79 Å². The van der Waals surface area contributed by atoms with Crippen LogP contribution in [-0.4, -0.2) is 38.6 Å². The Hall–Kier alpha value is -1.89. The van der Waals surface area contributed by atoms with Crippen molar-refractivity contribution in [3.63, 3.8) is 0 Å². The van der Waals surface area contributed by atoms with Gasteiger partial charge in [0.2, 0.25) is 0 Å². The van der Waals surface area contributed by atoms with Gasteiger partial charge in [0, 0.05) is 49.4 Å². The zero-order valence-electron chi connectivity index (χ0n) is 14.1. The molecule has 0 aromatic carbocycles. The highest BCUT2D eigenvalue weighted by molar-refractivity contribution is 7.98. The van der Waals surface area contributed by atoms with Crippen LogP contribution in [0.25, 0.3) is 0 Å². The van der Waals surface area contributed by atoms with Gasteiger partial charge in [0.1, 0.15) is 11.6 Å². The number of nitrogens with zero attached hydrogens (tertiary/aromatic N) is 5. The van der Waals surface area contributed by atoms with Crippen LogP contribution in [0.5, 0.6) is 0 Å². The third kappa shape index (κ3) is 3.05. The Morgan fingerprint density at radius 3 is 3.00 bits per heavy atom. The average Bonchev–Trinajstić information content (AvgIpc) is 3.43. The number of anilines is 1. The summed E-state index contributed by atoms with van der Waals surface area (Å²) in [6.07, 6.45) is 5.29. The molecule has 130 valence electrons. The van der Waals surface area contributed by atoms with Gasteiger partial charge in [-0.15, -0.1) is 0 Å². The summed E-state index contributed by atoms with van der Waals surface area (Å²) in [6.45, 7) is 2.57. The number of rotatable bonds is 4. The molecule has 0 atom stereocenters. The predicted molar refractivity (Wildman–Crippen MR) is 98.1 cm³/mol. The molecule has 5 rings (SSSR count). The summed E-state index contributed by atoms with van der Waals surface area (Å²) in [5.41, 5.74) is 2.28. The molecule has 2 aromatic rings. The quantitative estimate of drug-likeness (QED) is 0.834. The van der Waals surface area contributed by atoms with Crippen molar-refractivity contribution >= 4 is 17.6 Å². The highest BCUT2D eigenvalue weighted by atomic mass is 32.2. The van der Waals surface area contributed by atoms with Crippen LogP contribution in [0.3, 0.4) is 0 Å². The molecule has 6 nitrogen and oxygen atoms in total. The lowest BCUT2D eigenvalue weighted by Crippen LogP contribution is -2.50. The fourth-order valence-corrected chi connectivity index (χ4v) is 4.53. The highest BCUT2D eigenvalue weighted by Crippen LogP contribution is 2.38. The summed E-state index contributed by atoms with van der Waals surface area (Å²) in [4.78, 5) is 23.7. The molecule has 1 aliphatic carbocycles. The molecular weight excluding hydrogens is 334 g/mol. The molecule has 2 aliphatic heterocycles. The van der Waals surface area contributed by atoms with E-state index in [0.29, 0.717) is 18.4 Å². The largest absolute Gasteiger partial charge is 0.356 e. The van der Waals surface area contributed by atoms with Crippen molar-refractivity contribution in [3.05, 3.63) is 45.8 Å². The number of hydrogen-bond acceptors (Lipinski definition) is 6. The Bertz CT molecular complexity index is 857. The standard InChI is InChI=1S/C18H21N5OS/c24-17-7-14-11-25-6-4-15(14)21-23(17)10-12-8-22(9-12)16-3-5-19-18(20-16)13-1-2-13/h3,5,7,12-13H,1-2,4,6,8-11H2. The summed E-state index contributed by atoms with van der Waals surface area (Å²) in [5, 5.41) is 4.62. The Kier molecular flexibility index (Phi) is 3.77. The van der Waals surface area contributed by atoms with Crippen LogP contribution in [0.15, 0.2) is 23.1 Å². The second-order valence-corrected chi connectivity index (χ2v) is 8.36. The van der Waals surface area contributed by atoms with Gasteiger partial charge in [-0.3, -0.25) is 4.79 Å². The number of aryl methyl sites for hydroxylation is 1. The summed E-state index contributed by atoms with van der Waals surface area (Å²) in [5.74, 6) is 5.08. The van der Waals surface area contributed by atoms with Crippen molar-refractivity contribution in [1.29, 1.82) is 0 Å². The van der Waals surface area contributed by atoms with E-state index in [1.165, 1.54) is 12.8 Å². The number of fused-ring (bicyclic) bond motifs is 1. The molecule has 0 radical (unpaired) electrons. The van der Waals surface area contributed by atoms with E-state index in [4.69, 9.17) is 4.98 Å². The lowest BCUT2D eigenvalue weighted by molar-refractivity contribution is 0.330. The second-order valence-electron chi connectivity index (χ2n) is 7.26. The Morgan fingerprint density at radius 1 is 1.28 bits per heavy atom. The van der Waals surface area contributed by atoms with Crippen LogP contribution in [-0.2, 0) is 18.7 Å². The van der Waals surface area contributed by atoms with Crippen molar-refractivity contribution in [2.24, 2.45) is 5.92 Å². The molecule has 2 fully saturated rings. The van der Waals surface area contributed by atoms with E-state index in [1.54, 1.807) is 10.7 Å². The highest BCUT2D eigenvalue weighted by Gasteiger charge is 2.31. The van der Waals surface area contributed by atoms with Crippen LogP contribution in [0.4, 0.5) is 5.82 Å². The van der Waals surface area contributed by atoms with Crippen LogP contribution in [0.2, 0.25) is 0 Å². The molecule has 0 spiro atoms. The van der Waals surface area contributed by atoms with E-state index >= 15 is 0 Å². The first-order valence-corrected chi connectivity index (χ1v) is 10.2. The fourth-order valence-electron chi connectivity index (χ4n) is 3.58. The summed E-state index contributed by atoms with van der Waals surface area (Å²) in [7, 11) is 0. The maximum atomic E-state index is 12.3. The Labute approximate surface area is 150 Å². The van der Waals surface area contributed by atoms with Gasteiger partial charge in [-0.2, -0.15) is 16.9 Å². The van der Waals surface area contributed by atoms with Gasteiger partial charge in [-0.1, -0.05) is 0 Å². The molecule has 1 saturated heterocycles. The van der Waals surface area contributed by atoms with E-state index in [1.807, 2.05) is 24.0 Å². The van der Waals surface area contributed by atoms with Crippen LogP contribution >= 0.6 is 11.8 Å². The number of hydrogen-bond donors (Lipinski definition) is 0. The smallest absolute Gasteiger partial charge is 0.267 e. The third-order valence-electron chi connectivity index (χ3n) is 5.22. The fraction of sp³-hybridized carbons (Fsp3) is 0.556. The summed E-state index contributed by atoms with van der Waals surface area (Å²) in [6, 6.07) is 3.78. The van der Waals surface area contributed by atoms with Gasteiger partial charge in [-0.05, 0) is 30.2 Å². The lowest BCUT2D eigenvalue weighted by atomic mass is 10.0. The topological polar surface area (TPSA) is 63.9 Å². The van der Waals surface area contributed by atoms with E-state index in [0.717, 1.165) is 53.9 Å². The van der Waals surface area contributed by atoms with Crippen molar-refractivity contribution in [3.8, 4) is 0 Å². The average molecular weight is 355 g/mol. The zero-order chi connectivity index (χ0) is 16.8. The lowest BCUT2D eigenvalue weighted by Gasteiger charge is -2.40. The van der Waals surface area contributed by atoms with Crippen LogP contribution in [0.1, 0.15) is 35.8 Å². The van der Waals surface area contributed by atoms with Gasteiger partial charge < -0.3 is 4.90 Å². The minimum absolute atomic E-state index is 0.0396. The molecule has 2 aromatic heterocycles. The van der Waals surface area contributed by atoms with Gasteiger partial charge in [0.25, 0.3) is 5.56 Å².